The molecule has 1 aliphatic carbocycles. The van der Waals surface area contributed by atoms with Crippen LogP contribution in [-0.2, 0) is 0 Å². The number of benzene rings is 1. The van der Waals surface area contributed by atoms with Crippen molar-refractivity contribution in [1.29, 1.82) is 0 Å². The quantitative estimate of drug-likeness (QED) is 0.686. The van der Waals surface area contributed by atoms with Crippen LogP contribution in [0.15, 0.2) is 48.6 Å². The summed E-state index contributed by atoms with van der Waals surface area (Å²) in [6, 6.07) is 8.58. The first-order valence-electron chi connectivity index (χ1n) is 6.68. The molecule has 0 bridgehead atoms. The number of hydrogen-bond acceptors (Lipinski definition) is 1. The summed E-state index contributed by atoms with van der Waals surface area (Å²) in [6.45, 7) is 7.38. The maximum absolute atomic E-state index is 6.15. The molecule has 0 aromatic heterocycles. The average molecular weight is 256 g/mol. The van der Waals surface area contributed by atoms with Crippen molar-refractivity contribution in [2.24, 2.45) is 5.92 Å². The van der Waals surface area contributed by atoms with E-state index in [9.17, 15) is 0 Å². The van der Waals surface area contributed by atoms with Gasteiger partial charge in [-0.1, -0.05) is 56.1 Å². The second kappa shape index (κ2) is 4.13. The number of hydrogen-bond donors (Lipinski definition) is 0. The van der Waals surface area contributed by atoms with Crippen LogP contribution in [0, 0.1) is 5.92 Å². The van der Waals surface area contributed by atoms with E-state index in [1.807, 2.05) is 0 Å². The van der Waals surface area contributed by atoms with Crippen LogP contribution >= 0.6 is 0 Å². The summed E-state index contributed by atoms with van der Waals surface area (Å²) in [5, 5.41) is 0. The number of allylic oxidation sites excluding steroid dienone is 2. The first-order valence-corrected chi connectivity index (χ1v) is 10.3. The summed E-state index contributed by atoms with van der Waals surface area (Å²) in [6.07, 6.45) is 9.04. The fourth-order valence-electron chi connectivity index (χ4n) is 3.27. The van der Waals surface area contributed by atoms with Gasteiger partial charge in [-0.3, -0.25) is 0 Å². The maximum Gasteiger partial charge on any atom is 0.124 e. The number of para-hydroxylation sites is 1. The highest BCUT2D eigenvalue weighted by Crippen LogP contribution is 2.46. The molecule has 18 heavy (non-hydrogen) atoms. The molecular formula is C16H20OSi. The Morgan fingerprint density at radius 2 is 1.72 bits per heavy atom. The molecule has 2 aliphatic rings. The Hall–Kier alpha value is -1.28. The number of ether oxygens (including phenoxy) is 1. The highest BCUT2D eigenvalue weighted by Gasteiger charge is 2.43. The lowest BCUT2D eigenvalue weighted by molar-refractivity contribution is 0.172. The van der Waals surface area contributed by atoms with E-state index in [4.69, 9.17) is 4.74 Å². The molecule has 1 nitrogen and oxygen atoms in total. The van der Waals surface area contributed by atoms with Crippen LogP contribution in [0.2, 0.25) is 19.6 Å². The lowest BCUT2D eigenvalue weighted by Gasteiger charge is -2.43. The van der Waals surface area contributed by atoms with Gasteiger partial charge in [0.25, 0.3) is 0 Å². The molecule has 0 fully saturated rings. The van der Waals surface area contributed by atoms with Crippen molar-refractivity contribution in [2.45, 2.75) is 31.3 Å². The monoisotopic (exact) mass is 256 g/mol. The molecule has 94 valence electrons. The average Bonchev–Trinajstić information content (AvgIpc) is 2.34. The van der Waals surface area contributed by atoms with Crippen LogP contribution in [0.4, 0.5) is 0 Å². The Kier molecular flexibility index (Phi) is 2.70. The van der Waals surface area contributed by atoms with Gasteiger partial charge < -0.3 is 4.74 Å². The molecule has 1 aliphatic heterocycles. The predicted octanol–water partition coefficient (Wildman–Crippen LogP) is 4.15. The van der Waals surface area contributed by atoms with Crippen molar-refractivity contribution < 1.29 is 4.74 Å². The minimum absolute atomic E-state index is 0.224. The molecule has 2 heteroatoms. The van der Waals surface area contributed by atoms with E-state index in [-0.39, 0.29) is 6.10 Å². The summed E-state index contributed by atoms with van der Waals surface area (Å²) in [5.74, 6) is 1.60. The summed E-state index contributed by atoms with van der Waals surface area (Å²) in [4.78, 5) is 0. The third-order valence-electron chi connectivity index (χ3n) is 3.96. The SMILES string of the molecule is C[Si](C)(C)[C@@H]1c2ccccc2O[C@H]2C=CC=C[C@H]21. The van der Waals surface area contributed by atoms with Crippen LogP contribution in [0.1, 0.15) is 11.1 Å². The molecule has 3 atom stereocenters. The fourth-order valence-corrected chi connectivity index (χ4v) is 5.89. The Labute approximate surface area is 110 Å². The van der Waals surface area contributed by atoms with E-state index in [2.05, 4.69) is 68.2 Å². The molecule has 0 unspecified atom stereocenters. The van der Waals surface area contributed by atoms with Crippen molar-refractivity contribution in [3.05, 3.63) is 54.1 Å². The highest BCUT2D eigenvalue weighted by atomic mass is 28.3. The zero-order chi connectivity index (χ0) is 12.8. The van der Waals surface area contributed by atoms with E-state index in [0.29, 0.717) is 11.5 Å². The van der Waals surface area contributed by atoms with E-state index < -0.39 is 8.07 Å². The van der Waals surface area contributed by atoms with E-state index in [0.717, 1.165) is 5.75 Å². The molecule has 0 radical (unpaired) electrons. The summed E-state index contributed by atoms with van der Waals surface area (Å²) >= 11 is 0. The molecule has 0 spiro atoms. The van der Waals surface area contributed by atoms with Gasteiger partial charge in [-0.2, -0.15) is 0 Å². The van der Waals surface area contributed by atoms with E-state index >= 15 is 0 Å². The molecule has 0 saturated carbocycles. The zero-order valence-corrected chi connectivity index (χ0v) is 12.3. The minimum atomic E-state index is -1.28. The van der Waals surface area contributed by atoms with Crippen LogP contribution < -0.4 is 4.74 Å². The van der Waals surface area contributed by atoms with Gasteiger partial charge >= 0.3 is 0 Å². The normalized spacial score (nSPS) is 29.4. The molecule has 1 aromatic carbocycles. The van der Waals surface area contributed by atoms with Gasteiger partial charge in [0.1, 0.15) is 11.9 Å². The van der Waals surface area contributed by atoms with Crippen LogP contribution in [-0.4, -0.2) is 14.2 Å². The molecular weight excluding hydrogens is 236 g/mol. The molecule has 3 rings (SSSR count). The Morgan fingerprint density at radius 3 is 2.50 bits per heavy atom. The van der Waals surface area contributed by atoms with Gasteiger partial charge in [0.2, 0.25) is 0 Å². The topological polar surface area (TPSA) is 9.23 Å². The molecule has 0 N–H and O–H groups in total. The van der Waals surface area contributed by atoms with Gasteiger partial charge in [-0.25, -0.2) is 0 Å². The number of rotatable bonds is 1. The van der Waals surface area contributed by atoms with Gasteiger partial charge in [-0.05, 0) is 23.2 Å². The van der Waals surface area contributed by atoms with Crippen molar-refractivity contribution in [3.8, 4) is 5.75 Å². The fraction of sp³-hybridized carbons (Fsp3) is 0.375. The third kappa shape index (κ3) is 1.85. The van der Waals surface area contributed by atoms with Crippen molar-refractivity contribution in [2.75, 3.05) is 0 Å². The zero-order valence-electron chi connectivity index (χ0n) is 11.3. The van der Waals surface area contributed by atoms with E-state index in [1.165, 1.54) is 5.56 Å². The molecule has 1 aromatic rings. The highest BCUT2D eigenvalue weighted by molar-refractivity contribution is 6.77. The largest absolute Gasteiger partial charge is 0.485 e. The first kappa shape index (κ1) is 11.8. The van der Waals surface area contributed by atoms with Crippen molar-refractivity contribution in [3.63, 3.8) is 0 Å². The van der Waals surface area contributed by atoms with Gasteiger partial charge in [-0.15, -0.1) is 0 Å². The van der Waals surface area contributed by atoms with E-state index in [1.54, 1.807) is 0 Å². The standard InChI is InChI=1S/C16H20OSi/c1-18(2,3)16-12-8-4-6-10-14(12)17-15-11-7-5-9-13(15)16/h4-12,14,16H,1-3H3/t12-,14+,16+/m1/s1. The van der Waals surface area contributed by atoms with Crippen molar-refractivity contribution >= 4 is 8.07 Å². The predicted molar refractivity (Wildman–Crippen MR) is 78.7 cm³/mol. The van der Waals surface area contributed by atoms with Crippen LogP contribution in [0.25, 0.3) is 0 Å². The summed E-state index contributed by atoms with van der Waals surface area (Å²) < 4.78 is 6.15. The Balaban J connectivity index is 2.13. The Bertz CT molecular complexity index is 510. The molecule has 0 amide bonds. The number of fused-ring (bicyclic) bond motifs is 2. The second-order valence-corrected chi connectivity index (χ2v) is 11.7. The molecule has 0 saturated heterocycles. The first-order chi connectivity index (χ1) is 8.57. The van der Waals surface area contributed by atoms with Gasteiger partial charge in [0, 0.05) is 5.92 Å². The minimum Gasteiger partial charge on any atom is -0.485 e. The summed E-state index contributed by atoms with van der Waals surface area (Å²) in [5.41, 5.74) is 2.06. The van der Waals surface area contributed by atoms with Gasteiger partial charge in [0.05, 0.1) is 8.07 Å². The van der Waals surface area contributed by atoms with Crippen LogP contribution in [0.5, 0.6) is 5.75 Å². The van der Waals surface area contributed by atoms with Crippen molar-refractivity contribution in [1.82, 2.24) is 0 Å². The van der Waals surface area contributed by atoms with Crippen LogP contribution in [0.3, 0.4) is 0 Å². The lowest BCUT2D eigenvalue weighted by Crippen LogP contribution is -2.45. The maximum atomic E-state index is 6.15. The second-order valence-electron chi connectivity index (χ2n) is 6.31. The third-order valence-corrected chi connectivity index (χ3v) is 6.52. The molecule has 1 heterocycles. The Morgan fingerprint density at radius 1 is 1.00 bits per heavy atom. The summed E-state index contributed by atoms with van der Waals surface area (Å²) in [7, 11) is -1.28. The smallest absolute Gasteiger partial charge is 0.124 e. The van der Waals surface area contributed by atoms with Gasteiger partial charge in [0.15, 0.2) is 0 Å². The lowest BCUT2D eigenvalue weighted by atomic mass is 9.87.